The second-order valence-corrected chi connectivity index (χ2v) is 8.51. The van der Waals surface area contributed by atoms with Crippen molar-refractivity contribution in [3.8, 4) is 0 Å². The van der Waals surface area contributed by atoms with Crippen LogP contribution in [-0.4, -0.2) is 55.0 Å². The summed E-state index contributed by atoms with van der Waals surface area (Å²) in [7, 11) is -3.09. The molecule has 1 atom stereocenters. The molecule has 0 saturated carbocycles. The highest BCUT2D eigenvalue weighted by Gasteiger charge is 2.37. The zero-order chi connectivity index (χ0) is 16.3. The number of nitrogens with one attached hydrogen (secondary N) is 1. The SMILES string of the molecule is CC(C)CCNC(=O)C1=NN([C@H]2CCS(=O)(=O)C2)C(=O)CC1. The molecule has 0 aromatic carbocycles. The van der Waals surface area contributed by atoms with Gasteiger partial charge in [-0.25, -0.2) is 13.4 Å². The topological polar surface area (TPSA) is 95.9 Å². The van der Waals surface area contributed by atoms with Crippen LogP contribution in [0.2, 0.25) is 0 Å². The van der Waals surface area contributed by atoms with Gasteiger partial charge in [-0.1, -0.05) is 13.8 Å². The number of sulfone groups is 1. The van der Waals surface area contributed by atoms with E-state index in [0.29, 0.717) is 31.0 Å². The zero-order valence-corrected chi connectivity index (χ0v) is 13.9. The molecule has 2 aliphatic rings. The van der Waals surface area contributed by atoms with E-state index in [1.165, 1.54) is 5.01 Å². The molecular formula is C14H23N3O4S. The zero-order valence-electron chi connectivity index (χ0n) is 13.0. The maximum Gasteiger partial charge on any atom is 0.267 e. The maximum atomic E-state index is 12.1. The predicted molar refractivity (Wildman–Crippen MR) is 83.0 cm³/mol. The molecule has 0 aromatic heterocycles. The highest BCUT2D eigenvalue weighted by molar-refractivity contribution is 7.91. The van der Waals surface area contributed by atoms with Gasteiger partial charge in [0.15, 0.2) is 9.84 Å². The molecule has 0 radical (unpaired) electrons. The molecule has 1 saturated heterocycles. The Labute approximate surface area is 131 Å². The van der Waals surface area contributed by atoms with Crippen LogP contribution in [0.5, 0.6) is 0 Å². The van der Waals surface area contributed by atoms with Crippen LogP contribution >= 0.6 is 0 Å². The van der Waals surface area contributed by atoms with Gasteiger partial charge >= 0.3 is 0 Å². The molecule has 0 bridgehead atoms. The number of hydrazone groups is 1. The molecule has 124 valence electrons. The van der Waals surface area contributed by atoms with Gasteiger partial charge in [-0.2, -0.15) is 5.10 Å². The first kappa shape index (κ1) is 16.9. The second kappa shape index (κ2) is 6.76. The van der Waals surface area contributed by atoms with E-state index < -0.39 is 15.9 Å². The average molecular weight is 329 g/mol. The fraction of sp³-hybridized carbons (Fsp3) is 0.786. The Balaban J connectivity index is 2.01. The Morgan fingerprint density at radius 2 is 2.14 bits per heavy atom. The van der Waals surface area contributed by atoms with E-state index in [0.717, 1.165) is 6.42 Å². The number of hydrogen-bond donors (Lipinski definition) is 1. The minimum absolute atomic E-state index is 0.0650. The molecule has 0 aliphatic carbocycles. The normalized spacial score (nSPS) is 24.5. The van der Waals surface area contributed by atoms with Gasteiger partial charge in [-0.05, 0) is 18.8 Å². The minimum Gasteiger partial charge on any atom is -0.351 e. The lowest BCUT2D eigenvalue weighted by Crippen LogP contribution is -2.44. The molecule has 2 aliphatic heterocycles. The Hall–Kier alpha value is -1.44. The van der Waals surface area contributed by atoms with Crippen LogP contribution in [0.3, 0.4) is 0 Å². The van der Waals surface area contributed by atoms with Crippen molar-refractivity contribution in [3.05, 3.63) is 0 Å². The number of nitrogens with zero attached hydrogens (tertiary/aromatic N) is 2. The van der Waals surface area contributed by atoms with Crippen molar-refractivity contribution in [1.29, 1.82) is 0 Å². The summed E-state index contributed by atoms with van der Waals surface area (Å²) >= 11 is 0. The second-order valence-electron chi connectivity index (χ2n) is 6.28. The molecule has 1 N–H and O–H groups in total. The van der Waals surface area contributed by atoms with Gasteiger partial charge in [0.05, 0.1) is 17.5 Å². The Morgan fingerprint density at radius 3 is 2.73 bits per heavy atom. The van der Waals surface area contributed by atoms with Crippen molar-refractivity contribution in [3.63, 3.8) is 0 Å². The van der Waals surface area contributed by atoms with Gasteiger partial charge in [0.1, 0.15) is 5.71 Å². The summed E-state index contributed by atoms with van der Waals surface area (Å²) < 4.78 is 23.1. The molecule has 7 nitrogen and oxygen atoms in total. The lowest BCUT2D eigenvalue weighted by atomic mass is 10.1. The molecule has 2 amide bonds. The largest absolute Gasteiger partial charge is 0.351 e. The maximum absolute atomic E-state index is 12.1. The van der Waals surface area contributed by atoms with Crippen molar-refractivity contribution in [2.75, 3.05) is 18.1 Å². The number of hydrogen-bond acceptors (Lipinski definition) is 5. The summed E-state index contributed by atoms with van der Waals surface area (Å²) in [5, 5.41) is 8.15. The molecule has 2 heterocycles. The van der Waals surface area contributed by atoms with Gasteiger partial charge in [0.2, 0.25) is 5.91 Å². The van der Waals surface area contributed by atoms with Crippen LogP contribution in [0.1, 0.15) is 39.5 Å². The Kier molecular flexibility index (Phi) is 5.20. The third kappa shape index (κ3) is 4.28. The lowest BCUT2D eigenvalue weighted by Gasteiger charge is -2.27. The van der Waals surface area contributed by atoms with E-state index in [2.05, 4.69) is 24.3 Å². The number of carbonyl (C=O) groups is 2. The van der Waals surface area contributed by atoms with Gasteiger partial charge < -0.3 is 5.32 Å². The highest BCUT2D eigenvalue weighted by Crippen LogP contribution is 2.22. The summed E-state index contributed by atoms with van der Waals surface area (Å²) in [6.07, 6.45) is 1.78. The predicted octanol–water partition coefficient (Wildman–Crippen LogP) is 0.314. The summed E-state index contributed by atoms with van der Waals surface area (Å²) in [5.74, 6) is 0.0346. The Morgan fingerprint density at radius 1 is 1.41 bits per heavy atom. The molecule has 0 aromatic rings. The molecular weight excluding hydrogens is 306 g/mol. The molecule has 0 spiro atoms. The van der Waals surface area contributed by atoms with Crippen LogP contribution in [0.25, 0.3) is 0 Å². The van der Waals surface area contributed by atoms with Crippen molar-refractivity contribution in [2.45, 2.75) is 45.6 Å². The first-order valence-corrected chi connectivity index (χ1v) is 9.49. The van der Waals surface area contributed by atoms with Crippen LogP contribution < -0.4 is 5.32 Å². The summed E-state index contributed by atoms with van der Waals surface area (Å²) in [6, 6.07) is -0.434. The quantitative estimate of drug-likeness (QED) is 0.785. The highest BCUT2D eigenvalue weighted by atomic mass is 32.2. The number of amides is 2. The van der Waals surface area contributed by atoms with Gasteiger partial charge in [0.25, 0.3) is 5.91 Å². The van der Waals surface area contributed by atoms with E-state index >= 15 is 0 Å². The third-order valence-corrected chi connectivity index (χ3v) is 5.63. The van der Waals surface area contributed by atoms with Crippen LogP contribution in [-0.2, 0) is 19.4 Å². The molecule has 8 heteroatoms. The van der Waals surface area contributed by atoms with Crippen molar-refractivity contribution in [2.24, 2.45) is 11.0 Å². The van der Waals surface area contributed by atoms with E-state index in [4.69, 9.17) is 0 Å². The molecule has 22 heavy (non-hydrogen) atoms. The van der Waals surface area contributed by atoms with Gasteiger partial charge in [0, 0.05) is 19.4 Å². The number of rotatable bonds is 5. The summed E-state index contributed by atoms with van der Waals surface area (Å²) in [5.41, 5.74) is 0.313. The monoisotopic (exact) mass is 329 g/mol. The molecule has 2 rings (SSSR count). The van der Waals surface area contributed by atoms with E-state index in [1.807, 2.05) is 0 Å². The minimum atomic E-state index is -3.09. The number of carbonyl (C=O) groups excluding carboxylic acids is 2. The van der Waals surface area contributed by atoms with E-state index in [-0.39, 0.29) is 29.7 Å². The van der Waals surface area contributed by atoms with Crippen LogP contribution in [0.15, 0.2) is 5.10 Å². The van der Waals surface area contributed by atoms with Gasteiger partial charge in [-0.15, -0.1) is 0 Å². The van der Waals surface area contributed by atoms with E-state index in [9.17, 15) is 18.0 Å². The first-order valence-electron chi connectivity index (χ1n) is 7.66. The smallest absolute Gasteiger partial charge is 0.267 e. The fourth-order valence-electron chi connectivity index (χ4n) is 2.56. The van der Waals surface area contributed by atoms with Crippen molar-refractivity contribution >= 4 is 27.4 Å². The molecule has 0 unspecified atom stereocenters. The van der Waals surface area contributed by atoms with Crippen LogP contribution in [0, 0.1) is 5.92 Å². The average Bonchev–Trinajstić information content (AvgIpc) is 2.79. The van der Waals surface area contributed by atoms with E-state index in [1.54, 1.807) is 0 Å². The Bertz CT molecular complexity index is 583. The summed E-state index contributed by atoms with van der Waals surface area (Å²) in [6.45, 7) is 4.72. The van der Waals surface area contributed by atoms with Gasteiger partial charge in [-0.3, -0.25) is 9.59 Å². The lowest BCUT2D eigenvalue weighted by molar-refractivity contribution is -0.133. The van der Waals surface area contributed by atoms with Crippen molar-refractivity contribution in [1.82, 2.24) is 10.3 Å². The third-order valence-electron chi connectivity index (χ3n) is 3.88. The molecule has 1 fully saturated rings. The fourth-order valence-corrected chi connectivity index (χ4v) is 4.26. The van der Waals surface area contributed by atoms with Crippen LogP contribution in [0.4, 0.5) is 0 Å². The summed E-state index contributed by atoms with van der Waals surface area (Å²) in [4.78, 5) is 24.0. The first-order chi connectivity index (χ1) is 10.3. The standard InChI is InChI=1S/C14H23N3O4S/c1-10(2)5-7-15-14(19)12-3-4-13(18)17(16-12)11-6-8-22(20,21)9-11/h10-11H,3-9H2,1-2H3,(H,15,19)/t11-/m0/s1. The van der Waals surface area contributed by atoms with Crippen molar-refractivity contribution < 1.29 is 18.0 Å².